The van der Waals surface area contributed by atoms with E-state index < -0.39 is 12.1 Å². The maximum absolute atomic E-state index is 12.5. The average molecular weight is 842 g/mol. The van der Waals surface area contributed by atoms with E-state index in [1.165, 1.54) is 244 Å². The highest BCUT2D eigenvalue weighted by molar-refractivity contribution is 5.76. The highest BCUT2D eigenvalue weighted by atomic mass is 16.3. The lowest BCUT2D eigenvalue weighted by Crippen LogP contribution is -2.45. The van der Waals surface area contributed by atoms with Gasteiger partial charge in [-0.25, -0.2) is 0 Å². The van der Waals surface area contributed by atoms with Gasteiger partial charge in [-0.2, -0.15) is 0 Å². The molecule has 0 aromatic rings. The monoisotopic (exact) mass is 842 g/mol. The molecule has 0 rings (SSSR count). The van der Waals surface area contributed by atoms with E-state index in [0.717, 1.165) is 32.1 Å². The summed E-state index contributed by atoms with van der Waals surface area (Å²) >= 11 is 0. The van der Waals surface area contributed by atoms with Crippen LogP contribution in [0, 0.1) is 0 Å². The minimum atomic E-state index is -0.861. The molecule has 0 saturated heterocycles. The number of hydrogen-bond acceptors (Lipinski definition) is 3. The molecule has 0 aliphatic carbocycles. The van der Waals surface area contributed by atoms with Crippen molar-refractivity contribution in [2.24, 2.45) is 0 Å². The van der Waals surface area contributed by atoms with Crippen molar-refractivity contribution in [2.45, 2.75) is 309 Å². The van der Waals surface area contributed by atoms with Crippen molar-refractivity contribution >= 4 is 5.91 Å². The van der Waals surface area contributed by atoms with Crippen LogP contribution in [0.1, 0.15) is 296 Å². The largest absolute Gasteiger partial charge is 0.394 e. The first-order valence-corrected chi connectivity index (χ1v) is 27.2. The molecular weight excluding hydrogens is 735 g/mol. The van der Waals surface area contributed by atoms with E-state index in [-0.39, 0.29) is 12.5 Å². The maximum atomic E-state index is 12.5. The topological polar surface area (TPSA) is 69.6 Å². The summed E-state index contributed by atoms with van der Waals surface area (Å²) in [6.07, 6.45) is 70.1. The van der Waals surface area contributed by atoms with E-state index >= 15 is 0 Å². The summed E-state index contributed by atoms with van der Waals surface area (Å²) in [6, 6.07) is -0.638. The lowest BCUT2D eigenvalue weighted by Gasteiger charge is -2.19. The standard InChI is InChI=1S/C56H107NO3/c1-3-5-7-9-11-13-15-17-19-21-23-25-26-27-28-29-30-32-34-36-38-40-42-44-46-48-50-52-56(60)57-54(53-58)55(59)51-49-47-45-43-41-39-37-35-33-31-24-22-20-18-16-14-12-10-8-6-4-2/h21,23,41,43,49,51,54-55,58-59H,3-20,22,24-40,42,44-48,50,52-53H2,1-2H3,(H,57,60)/b23-21-,43-41+,51-49+. The summed E-state index contributed by atoms with van der Waals surface area (Å²) in [5.41, 5.74) is 0. The molecular formula is C56H107NO3. The number of aliphatic hydroxyl groups excluding tert-OH is 2. The van der Waals surface area contributed by atoms with Gasteiger partial charge in [0, 0.05) is 6.42 Å². The molecule has 0 fully saturated rings. The van der Waals surface area contributed by atoms with Gasteiger partial charge in [-0.05, 0) is 57.8 Å². The zero-order valence-electron chi connectivity index (χ0n) is 40.7. The Morgan fingerprint density at radius 3 is 0.967 bits per heavy atom. The van der Waals surface area contributed by atoms with Crippen molar-refractivity contribution < 1.29 is 15.0 Å². The summed E-state index contributed by atoms with van der Waals surface area (Å²) in [4.78, 5) is 12.5. The third-order valence-corrected chi connectivity index (χ3v) is 12.6. The van der Waals surface area contributed by atoms with Crippen LogP contribution in [0.5, 0.6) is 0 Å². The van der Waals surface area contributed by atoms with Gasteiger partial charge in [-0.1, -0.05) is 269 Å². The summed E-state index contributed by atoms with van der Waals surface area (Å²) in [5, 5.41) is 23.1. The van der Waals surface area contributed by atoms with Crippen LogP contribution in [0.3, 0.4) is 0 Å². The molecule has 354 valence electrons. The molecule has 3 N–H and O–H groups in total. The van der Waals surface area contributed by atoms with E-state index in [2.05, 4.69) is 43.5 Å². The molecule has 0 saturated carbocycles. The van der Waals surface area contributed by atoms with Crippen LogP contribution in [-0.2, 0) is 4.79 Å². The Morgan fingerprint density at radius 1 is 0.383 bits per heavy atom. The Hall–Kier alpha value is -1.39. The highest BCUT2D eigenvalue weighted by Gasteiger charge is 2.18. The molecule has 0 aromatic heterocycles. The van der Waals surface area contributed by atoms with E-state index in [0.29, 0.717) is 6.42 Å². The second-order valence-corrected chi connectivity index (χ2v) is 18.6. The number of allylic oxidation sites excluding steroid dienone is 5. The molecule has 2 unspecified atom stereocenters. The van der Waals surface area contributed by atoms with Gasteiger partial charge in [0.15, 0.2) is 0 Å². The van der Waals surface area contributed by atoms with Gasteiger partial charge in [0.05, 0.1) is 18.8 Å². The van der Waals surface area contributed by atoms with Crippen LogP contribution in [0.15, 0.2) is 36.5 Å². The summed E-state index contributed by atoms with van der Waals surface area (Å²) < 4.78 is 0. The van der Waals surface area contributed by atoms with Crippen LogP contribution < -0.4 is 5.32 Å². The van der Waals surface area contributed by atoms with Gasteiger partial charge in [0.1, 0.15) is 0 Å². The Bertz CT molecular complexity index is 912. The zero-order valence-corrected chi connectivity index (χ0v) is 40.7. The maximum Gasteiger partial charge on any atom is 0.220 e. The van der Waals surface area contributed by atoms with Crippen molar-refractivity contribution in [1.29, 1.82) is 0 Å². The molecule has 0 heterocycles. The Labute approximate surface area is 376 Å². The van der Waals surface area contributed by atoms with Gasteiger partial charge >= 0.3 is 0 Å². The lowest BCUT2D eigenvalue weighted by atomic mass is 10.0. The van der Waals surface area contributed by atoms with Crippen LogP contribution in [0.4, 0.5) is 0 Å². The number of unbranched alkanes of at least 4 members (excludes halogenated alkanes) is 39. The summed E-state index contributed by atoms with van der Waals surface area (Å²) in [7, 11) is 0. The van der Waals surface area contributed by atoms with Gasteiger partial charge < -0.3 is 15.5 Å². The average Bonchev–Trinajstić information content (AvgIpc) is 3.25. The molecule has 60 heavy (non-hydrogen) atoms. The first-order valence-electron chi connectivity index (χ1n) is 27.2. The number of nitrogens with one attached hydrogen (secondary N) is 1. The quantitative estimate of drug-likeness (QED) is 0.0422. The van der Waals surface area contributed by atoms with Crippen LogP contribution in [-0.4, -0.2) is 34.9 Å². The molecule has 0 bridgehead atoms. The van der Waals surface area contributed by atoms with Gasteiger partial charge in [-0.15, -0.1) is 0 Å². The smallest absolute Gasteiger partial charge is 0.220 e. The molecule has 0 aromatic carbocycles. The van der Waals surface area contributed by atoms with E-state index in [1.54, 1.807) is 6.08 Å². The Kier molecular flexibility index (Phi) is 50.8. The number of hydrogen-bond donors (Lipinski definition) is 3. The molecule has 0 aliphatic rings. The molecule has 4 heteroatoms. The van der Waals surface area contributed by atoms with Gasteiger partial charge in [-0.3, -0.25) is 4.79 Å². The first-order chi connectivity index (χ1) is 29.7. The minimum absolute atomic E-state index is 0.0695. The number of aliphatic hydroxyl groups is 2. The van der Waals surface area contributed by atoms with Crippen molar-refractivity contribution in [3.05, 3.63) is 36.5 Å². The normalized spacial score (nSPS) is 13.1. The fourth-order valence-corrected chi connectivity index (χ4v) is 8.43. The fraction of sp³-hybridized carbons (Fsp3) is 0.875. The van der Waals surface area contributed by atoms with Crippen molar-refractivity contribution in [3.63, 3.8) is 0 Å². The summed E-state index contributed by atoms with van der Waals surface area (Å²) in [5.74, 6) is -0.0695. The predicted molar refractivity (Wildman–Crippen MR) is 267 cm³/mol. The van der Waals surface area contributed by atoms with Crippen molar-refractivity contribution in [1.82, 2.24) is 5.32 Å². The Balaban J connectivity index is 3.51. The predicted octanol–water partition coefficient (Wildman–Crippen LogP) is 17.7. The Morgan fingerprint density at radius 2 is 0.650 bits per heavy atom. The van der Waals surface area contributed by atoms with E-state index in [1.807, 2.05) is 6.08 Å². The number of rotatable bonds is 50. The van der Waals surface area contributed by atoms with Crippen LogP contribution >= 0.6 is 0 Å². The zero-order chi connectivity index (χ0) is 43.5. The number of carbonyl (C=O) groups is 1. The van der Waals surface area contributed by atoms with E-state index in [4.69, 9.17) is 0 Å². The van der Waals surface area contributed by atoms with Crippen LogP contribution in [0.2, 0.25) is 0 Å². The molecule has 4 nitrogen and oxygen atoms in total. The van der Waals surface area contributed by atoms with Gasteiger partial charge in [0.2, 0.25) is 5.91 Å². The second-order valence-electron chi connectivity index (χ2n) is 18.6. The minimum Gasteiger partial charge on any atom is -0.394 e. The van der Waals surface area contributed by atoms with Crippen molar-refractivity contribution in [2.75, 3.05) is 6.61 Å². The first kappa shape index (κ1) is 58.6. The summed E-state index contributed by atoms with van der Waals surface area (Å²) in [6.45, 7) is 4.33. The second kappa shape index (κ2) is 52.0. The molecule has 2 atom stereocenters. The van der Waals surface area contributed by atoms with E-state index in [9.17, 15) is 15.0 Å². The van der Waals surface area contributed by atoms with Gasteiger partial charge in [0.25, 0.3) is 0 Å². The molecule has 0 radical (unpaired) electrons. The third-order valence-electron chi connectivity index (χ3n) is 12.6. The lowest BCUT2D eigenvalue weighted by molar-refractivity contribution is -0.123. The molecule has 0 aliphatic heterocycles. The number of carbonyl (C=O) groups excluding carboxylic acids is 1. The highest BCUT2D eigenvalue weighted by Crippen LogP contribution is 2.16. The fourth-order valence-electron chi connectivity index (χ4n) is 8.43. The number of amides is 1. The third kappa shape index (κ3) is 47.7. The molecule has 0 spiro atoms. The SMILES string of the molecule is CCCCCCCCCC/C=C\CCCCCCCCCCCCCCCCCC(=O)NC(CO)C(O)/C=C/CC/C=C/CCCCCCCCCCCCCCCCC. The van der Waals surface area contributed by atoms with Crippen LogP contribution in [0.25, 0.3) is 0 Å². The van der Waals surface area contributed by atoms with Crippen molar-refractivity contribution in [3.8, 4) is 0 Å². The molecule has 1 amide bonds.